The van der Waals surface area contributed by atoms with Crippen LogP contribution in [0, 0.1) is 12.3 Å². The van der Waals surface area contributed by atoms with Crippen LogP contribution in [0.25, 0.3) is 22.0 Å². The topological polar surface area (TPSA) is 107 Å². The van der Waals surface area contributed by atoms with Gasteiger partial charge in [-0.25, -0.2) is 19.7 Å². The first-order valence-electron chi connectivity index (χ1n) is 17.2. The highest BCUT2D eigenvalue weighted by atomic mass is 16.6. The molecule has 3 heterocycles. The summed E-state index contributed by atoms with van der Waals surface area (Å²) < 4.78 is 12.2. The average molecular weight is 650 g/mol. The second kappa shape index (κ2) is 13.9. The Morgan fingerprint density at radius 2 is 1.79 bits per heavy atom. The number of aryl methyl sites for hydroxylation is 1. The molecule has 4 aromatic rings. The van der Waals surface area contributed by atoms with Crippen LogP contribution in [0.1, 0.15) is 83.8 Å². The summed E-state index contributed by atoms with van der Waals surface area (Å²) in [5.74, 6) is 1.91. The Morgan fingerprint density at radius 1 is 0.979 bits per heavy atom. The van der Waals surface area contributed by atoms with Gasteiger partial charge in [0.2, 0.25) is 11.8 Å². The third kappa shape index (κ3) is 7.94. The van der Waals surface area contributed by atoms with Crippen LogP contribution in [0.15, 0.2) is 60.9 Å². The van der Waals surface area contributed by atoms with Crippen LogP contribution < -0.4 is 10.1 Å². The lowest BCUT2D eigenvalue weighted by Gasteiger charge is -2.34. The number of nitrogens with one attached hydrogen (secondary N) is 1. The number of fused-ring (bicyclic) bond motifs is 1. The summed E-state index contributed by atoms with van der Waals surface area (Å²) >= 11 is 0. The number of rotatable bonds is 9. The Labute approximate surface area is 283 Å². The van der Waals surface area contributed by atoms with E-state index in [1.807, 2.05) is 64.1 Å². The minimum absolute atomic E-state index is 0.00780. The molecule has 252 valence electrons. The van der Waals surface area contributed by atoms with E-state index in [-0.39, 0.29) is 17.6 Å². The monoisotopic (exact) mass is 649 g/mol. The van der Waals surface area contributed by atoms with Crippen LogP contribution in [0.3, 0.4) is 0 Å². The molecule has 1 saturated heterocycles. The van der Waals surface area contributed by atoms with Crippen molar-refractivity contribution in [2.45, 2.75) is 97.6 Å². The van der Waals surface area contributed by atoms with Crippen molar-refractivity contribution in [1.29, 1.82) is 0 Å². The van der Waals surface area contributed by atoms with Crippen molar-refractivity contribution in [2.75, 3.05) is 18.4 Å². The van der Waals surface area contributed by atoms with E-state index in [0.29, 0.717) is 55.0 Å². The Morgan fingerprint density at radius 3 is 2.58 bits per heavy atom. The fourth-order valence-corrected chi connectivity index (χ4v) is 7.06. The summed E-state index contributed by atoms with van der Waals surface area (Å²) in [5.41, 5.74) is 2.98. The number of piperidine rings is 1. The van der Waals surface area contributed by atoms with Gasteiger partial charge in [0.25, 0.3) is 0 Å². The number of anilines is 1. The maximum Gasteiger partial charge on any atom is 0.410 e. The van der Waals surface area contributed by atoms with E-state index >= 15 is 0 Å². The van der Waals surface area contributed by atoms with Gasteiger partial charge < -0.3 is 19.7 Å². The first-order chi connectivity index (χ1) is 23.0. The molecule has 1 amide bonds. The molecule has 2 aromatic heterocycles. The Kier molecular flexibility index (Phi) is 9.67. The first kappa shape index (κ1) is 33.4. The van der Waals surface area contributed by atoms with E-state index in [4.69, 9.17) is 14.5 Å². The molecule has 1 N–H and O–H groups in total. The van der Waals surface area contributed by atoms with Crippen LogP contribution in [0.2, 0.25) is 0 Å². The second-order valence-electron chi connectivity index (χ2n) is 14.8. The number of carbonyl (C=O) groups excluding carboxylic acids is 2. The summed E-state index contributed by atoms with van der Waals surface area (Å²) in [6.45, 7) is 11.1. The van der Waals surface area contributed by atoms with Crippen molar-refractivity contribution < 1.29 is 19.1 Å². The molecule has 48 heavy (non-hydrogen) atoms. The SMILES string of the molecule is Cc1ccc2c(CC(=O)CC3(C)CCCC3)cccc2c1Oc1ncccc1-c1ccnc(N[C@H]2CCCN(C(=O)OC(C)(C)C)C2)n1. The molecule has 1 aliphatic carbocycles. The molecule has 0 spiro atoms. The van der Waals surface area contributed by atoms with Gasteiger partial charge >= 0.3 is 6.09 Å². The van der Waals surface area contributed by atoms with E-state index < -0.39 is 5.60 Å². The Bertz CT molecular complexity index is 1790. The van der Waals surface area contributed by atoms with Crippen LogP contribution in [0.5, 0.6) is 11.6 Å². The summed E-state index contributed by atoms with van der Waals surface area (Å²) in [4.78, 5) is 41.6. The maximum absolute atomic E-state index is 13.2. The molecule has 2 fully saturated rings. The number of ketones is 1. The lowest BCUT2D eigenvalue weighted by Crippen LogP contribution is -2.47. The predicted molar refractivity (Wildman–Crippen MR) is 188 cm³/mol. The van der Waals surface area contributed by atoms with Crippen molar-refractivity contribution >= 4 is 28.6 Å². The molecule has 1 atom stereocenters. The van der Waals surface area contributed by atoms with Gasteiger partial charge in [-0.1, -0.05) is 50.1 Å². The normalized spacial score (nSPS) is 17.7. The molecule has 0 bridgehead atoms. The predicted octanol–water partition coefficient (Wildman–Crippen LogP) is 8.69. The van der Waals surface area contributed by atoms with Gasteiger partial charge in [-0.15, -0.1) is 0 Å². The van der Waals surface area contributed by atoms with Gasteiger partial charge in [-0.2, -0.15) is 0 Å². The molecule has 2 aromatic carbocycles. The lowest BCUT2D eigenvalue weighted by molar-refractivity contribution is -0.120. The third-order valence-electron chi connectivity index (χ3n) is 9.43. The smallest absolute Gasteiger partial charge is 0.410 e. The summed E-state index contributed by atoms with van der Waals surface area (Å²) in [7, 11) is 0. The second-order valence-corrected chi connectivity index (χ2v) is 14.8. The number of likely N-dealkylation sites (tertiary alicyclic amines) is 1. The summed E-state index contributed by atoms with van der Waals surface area (Å²) in [6.07, 6.45) is 10.6. The molecule has 9 heteroatoms. The van der Waals surface area contributed by atoms with Crippen LogP contribution in [-0.2, 0) is 16.0 Å². The Balaban J connectivity index is 1.21. The molecule has 2 aliphatic rings. The highest BCUT2D eigenvalue weighted by Gasteiger charge is 2.31. The number of aromatic nitrogens is 3. The summed E-state index contributed by atoms with van der Waals surface area (Å²) in [5, 5.41) is 5.39. The molecule has 1 aliphatic heterocycles. The van der Waals surface area contributed by atoms with Gasteiger partial charge in [-0.05, 0) is 93.5 Å². The van der Waals surface area contributed by atoms with E-state index in [1.54, 1.807) is 17.3 Å². The van der Waals surface area contributed by atoms with Gasteiger partial charge in [0.15, 0.2) is 0 Å². The molecular weight excluding hydrogens is 602 g/mol. The van der Waals surface area contributed by atoms with Crippen molar-refractivity contribution in [3.8, 4) is 22.9 Å². The van der Waals surface area contributed by atoms with Crippen molar-refractivity contribution in [3.05, 3.63) is 72.1 Å². The molecule has 0 radical (unpaired) electrons. The highest BCUT2D eigenvalue weighted by Crippen LogP contribution is 2.42. The minimum atomic E-state index is -0.544. The number of hydrogen-bond acceptors (Lipinski definition) is 8. The maximum atomic E-state index is 13.2. The zero-order valence-corrected chi connectivity index (χ0v) is 28.8. The van der Waals surface area contributed by atoms with E-state index in [2.05, 4.69) is 34.3 Å². The number of ether oxygens (including phenoxy) is 2. The molecule has 1 saturated carbocycles. The Hall–Kier alpha value is -4.53. The number of Topliss-reactive ketones (excluding diaryl/α,β-unsaturated/α-hetero) is 1. The highest BCUT2D eigenvalue weighted by molar-refractivity contribution is 5.95. The zero-order chi connectivity index (χ0) is 33.9. The number of carbonyl (C=O) groups is 2. The largest absolute Gasteiger partial charge is 0.444 e. The van der Waals surface area contributed by atoms with E-state index in [1.165, 1.54) is 12.8 Å². The van der Waals surface area contributed by atoms with Gasteiger partial charge in [0.1, 0.15) is 17.1 Å². The molecule has 6 rings (SSSR count). The molecule has 0 unspecified atom stereocenters. The number of pyridine rings is 1. The van der Waals surface area contributed by atoms with Crippen molar-refractivity contribution in [1.82, 2.24) is 19.9 Å². The number of nitrogens with zero attached hydrogens (tertiary/aromatic N) is 4. The fourth-order valence-electron chi connectivity index (χ4n) is 7.06. The van der Waals surface area contributed by atoms with Gasteiger partial charge in [0.05, 0.1) is 11.3 Å². The quantitative estimate of drug-likeness (QED) is 0.192. The van der Waals surface area contributed by atoms with E-state index in [0.717, 1.165) is 53.1 Å². The first-order valence-corrected chi connectivity index (χ1v) is 17.2. The summed E-state index contributed by atoms with van der Waals surface area (Å²) in [6, 6.07) is 15.9. The number of amides is 1. The number of hydrogen-bond donors (Lipinski definition) is 1. The average Bonchev–Trinajstić information content (AvgIpc) is 3.47. The lowest BCUT2D eigenvalue weighted by atomic mass is 9.82. The zero-order valence-electron chi connectivity index (χ0n) is 28.8. The molecule has 9 nitrogen and oxygen atoms in total. The molecular formula is C39H47N5O4. The van der Waals surface area contributed by atoms with Crippen LogP contribution >= 0.6 is 0 Å². The third-order valence-corrected chi connectivity index (χ3v) is 9.43. The number of benzene rings is 2. The van der Waals surface area contributed by atoms with Crippen LogP contribution in [-0.4, -0.2) is 56.5 Å². The van der Waals surface area contributed by atoms with Gasteiger partial charge in [-0.3, -0.25) is 4.79 Å². The van der Waals surface area contributed by atoms with Gasteiger partial charge in [0, 0.05) is 49.8 Å². The fraction of sp³-hybridized carbons (Fsp3) is 0.462. The van der Waals surface area contributed by atoms with Crippen molar-refractivity contribution in [3.63, 3.8) is 0 Å². The standard InChI is InChI=1S/C39H47N5O4/c1-26-15-16-30-27(23-29(45)24-39(5)18-6-7-19-39)11-8-13-31(30)34(26)47-35-32(14-9-20-40-35)33-17-21-41-36(43-33)42-28-12-10-22-44(25-28)37(46)48-38(2,3)4/h8-9,11,13-17,20-21,28H,6-7,10,12,18-19,22-25H2,1-5H3,(H,41,42,43)/t28-/m0/s1. The van der Waals surface area contributed by atoms with Crippen molar-refractivity contribution in [2.24, 2.45) is 5.41 Å². The van der Waals surface area contributed by atoms with Crippen LogP contribution in [0.4, 0.5) is 10.7 Å². The van der Waals surface area contributed by atoms with E-state index in [9.17, 15) is 9.59 Å². The minimum Gasteiger partial charge on any atom is -0.444 e.